The fraction of sp³-hybridized carbons (Fsp3) is 0.375. The Bertz CT molecular complexity index is 731. The molecule has 3 N–H and O–H groups in total. The van der Waals surface area contributed by atoms with Crippen molar-refractivity contribution in [3.8, 4) is 0 Å². The quantitative estimate of drug-likeness (QED) is 0.379. The molecule has 7 heteroatoms. The van der Waals surface area contributed by atoms with E-state index in [1.54, 1.807) is 4.90 Å². The third kappa shape index (κ3) is 3.55. The van der Waals surface area contributed by atoms with E-state index in [-0.39, 0.29) is 15.7 Å². The molecule has 1 aliphatic heterocycles. The summed E-state index contributed by atoms with van der Waals surface area (Å²) in [5, 5.41) is 1.10. The second-order valence-corrected chi connectivity index (χ2v) is 9.94. The molecule has 2 heterocycles. The fourth-order valence-corrected chi connectivity index (χ4v) is 5.89. The van der Waals surface area contributed by atoms with E-state index < -0.39 is 23.3 Å². The predicted molar refractivity (Wildman–Crippen MR) is 93.7 cm³/mol. The Morgan fingerprint density at radius 3 is 3.00 bits per heavy atom. The van der Waals surface area contributed by atoms with Crippen LogP contribution in [0.25, 0.3) is 10.9 Å². The van der Waals surface area contributed by atoms with Crippen molar-refractivity contribution in [3.63, 3.8) is 0 Å². The van der Waals surface area contributed by atoms with Gasteiger partial charge in [-0.1, -0.05) is 0 Å². The van der Waals surface area contributed by atoms with E-state index in [2.05, 4.69) is 23.6 Å². The zero-order valence-corrected chi connectivity index (χ0v) is 16.8. The number of rotatable bonds is 5. The van der Waals surface area contributed by atoms with Crippen molar-refractivity contribution in [2.75, 3.05) is 6.54 Å². The maximum atomic E-state index is 12.7. The molecule has 0 radical (unpaired) electrons. The number of hydrogen-bond acceptors (Lipinski definition) is 3. The predicted octanol–water partition coefficient (Wildman–Crippen LogP) is -1.01. The Labute approximate surface area is 154 Å². The van der Waals surface area contributed by atoms with Crippen LogP contribution in [0.5, 0.6) is 0 Å². The average molecular weight is 538 g/mol. The van der Waals surface area contributed by atoms with Gasteiger partial charge in [-0.15, -0.1) is 0 Å². The van der Waals surface area contributed by atoms with Crippen LogP contribution in [-0.4, -0.2) is 38.2 Å². The molecule has 0 unspecified atom stereocenters. The van der Waals surface area contributed by atoms with Gasteiger partial charge in [0.05, 0.1) is 0 Å². The van der Waals surface area contributed by atoms with Crippen molar-refractivity contribution in [1.82, 2.24) is 9.88 Å². The first-order valence-corrected chi connectivity index (χ1v) is 14.9. The number of nitrogens with zero attached hydrogens (tertiary/aromatic N) is 1. The number of benzene rings is 1. The zero-order chi connectivity index (χ0) is 16.4. The van der Waals surface area contributed by atoms with Crippen LogP contribution < -0.4 is 23.0 Å². The van der Waals surface area contributed by atoms with E-state index in [1.807, 2.05) is 30.5 Å². The number of halogens is 2. The maximum absolute atomic E-state index is 12.7. The molecule has 3 rings (SSSR count). The molecule has 124 valence electrons. The number of amides is 1. The number of hydrogen-bond donors (Lipinski definition) is 2. The second-order valence-electron chi connectivity index (χ2n) is 5.74. The number of H-pyrrole nitrogens is 1. The Balaban J connectivity index is 1.73. The van der Waals surface area contributed by atoms with Gasteiger partial charge in [0.15, 0.2) is 0 Å². The molecule has 2 aromatic rings. The van der Waals surface area contributed by atoms with Crippen molar-refractivity contribution in [2.45, 2.75) is 31.3 Å². The number of fused-ring (bicyclic) bond motifs is 1. The molecule has 1 aromatic carbocycles. The number of aromatic amines is 1. The van der Waals surface area contributed by atoms with Crippen LogP contribution in [0.1, 0.15) is 18.4 Å². The van der Waals surface area contributed by atoms with Gasteiger partial charge >= 0.3 is 156 Å². The Morgan fingerprint density at radius 2 is 2.22 bits per heavy atom. The third-order valence-electron chi connectivity index (χ3n) is 4.30. The standard InChI is InChI=1S/C16H18I2N3O2/c17-18-15(22)14-6-3-7-21(14)16(23)12(19)8-10-9-20-13-5-2-1-4-11(10)13/h1-2,4-5,9,12,14,20H,3,6-8,19H2/q-1/t12-,14-/m0/s1. The molecular formula is C16H18I2N3O2-. The third-order valence-corrected chi connectivity index (χ3v) is 8.12. The van der Waals surface area contributed by atoms with Gasteiger partial charge in [0.1, 0.15) is 0 Å². The normalized spacial score (nSPS) is 19.4. The number of likely N-dealkylation sites (tertiary alicyclic amines) is 1. The molecule has 0 aliphatic carbocycles. The van der Waals surface area contributed by atoms with E-state index >= 15 is 0 Å². The van der Waals surface area contributed by atoms with Crippen molar-refractivity contribution >= 4 is 39.2 Å². The molecule has 1 amide bonds. The average Bonchev–Trinajstić information content (AvgIpc) is 3.21. The number of carbonyl (C=O) groups excluding carboxylic acids is 2. The summed E-state index contributed by atoms with van der Waals surface area (Å²) >= 11 is 1.65. The SMILES string of the molecule is N[C@@H](Cc1c[nH]c2ccccc12)C(=O)N1CCC[C@H]1C(=O)[I-]I. The number of para-hydroxylation sites is 1. The van der Waals surface area contributed by atoms with Gasteiger partial charge in [0.25, 0.3) is 0 Å². The van der Waals surface area contributed by atoms with Gasteiger partial charge in [0, 0.05) is 0 Å². The summed E-state index contributed by atoms with van der Waals surface area (Å²) in [5.74, 6) is -0.0972. The second kappa shape index (κ2) is 7.47. The molecule has 0 bridgehead atoms. The van der Waals surface area contributed by atoms with Crippen molar-refractivity contribution < 1.29 is 26.8 Å². The summed E-state index contributed by atoms with van der Waals surface area (Å²) in [6, 6.07) is 7.15. The monoisotopic (exact) mass is 538 g/mol. The van der Waals surface area contributed by atoms with E-state index in [0.29, 0.717) is 13.0 Å². The molecule has 2 atom stereocenters. The number of nitrogens with one attached hydrogen (secondary N) is 1. The van der Waals surface area contributed by atoms with Crippen LogP contribution in [0, 0.1) is 0 Å². The molecule has 1 fully saturated rings. The van der Waals surface area contributed by atoms with Gasteiger partial charge in [-0.2, -0.15) is 0 Å². The molecule has 1 saturated heterocycles. The number of aromatic nitrogens is 1. The van der Waals surface area contributed by atoms with Gasteiger partial charge in [-0.05, 0) is 0 Å². The first-order chi connectivity index (χ1) is 11.1. The number of carbonyl (C=O) groups is 2. The molecule has 5 nitrogen and oxygen atoms in total. The minimum atomic E-state index is -0.602. The van der Waals surface area contributed by atoms with Crippen LogP contribution in [0.2, 0.25) is 0 Å². The fourth-order valence-electron chi connectivity index (χ4n) is 3.15. The van der Waals surface area contributed by atoms with Crippen LogP contribution in [-0.2, 0) is 16.0 Å². The molecular weight excluding hydrogens is 520 g/mol. The Morgan fingerprint density at radius 1 is 1.43 bits per heavy atom. The van der Waals surface area contributed by atoms with Crippen molar-refractivity contribution in [1.29, 1.82) is 0 Å². The topological polar surface area (TPSA) is 79.2 Å². The first-order valence-electron chi connectivity index (χ1n) is 7.52. The van der Waals surface area contributed by atoms with Crippen molar-refractivity contribution in [3.05, 3.63) is 36.0 Å². The van der Waals surface area contributed by atoms with Gasteiger partial charge in [-0.25, -0.2) is 0 Å². The van der Waals surface area contributed by atoms with Crippen LogP contribution >= 0.6 is 18.6 Å². The summed E-state index contributed by atoms with van der Waals surface area (Å²) in [6.45, 7) is 0.650. The van der Waals surface area contributed by atoms with Crippen LogP contribution in [0.4, 0.5) is 0 Å². The number of nitrogens with two attached hydrogens (primary N) is 1. The van der Waals surface area contributed by atoms with E-state index in [4.69, 9.17) is 5.73 Å². The summed E-state index contributed by atoms with van der Waals surface area (Å²) in [5.41, 5.74) is 8.27. The molecule has 0 saturated carbocycles. The van der Waals surface area contributed by atoms with E-state index in [1.165, 1.54) is 0 Å². The summed E-state index contributed by atoms with van der Waals surface area (Å²) in [7, 11) is 0. The summed E-state index contributed by atoms with van der Waals surface area (Å²) in [6.07, 6.45) is 4.08. The molecule has 23 heavy (non-hydrogen) atoms. The Kier molecular flexibility index (Phi) is 5.57. The van der Waals surface area contributed by atoms with Crippen LogP contribution in [0.3, 0.4) is 0 Å². The summed E-state index contributed by atoms with van der Waals surface area (Å²) < 4.78 is 0.231. The van der Waals surface area contributed by atoms with Crippen molar-refractivity contribution in [2.24, 2.45) is 5.73 Å². The van der Waals surface area contributed by atoms with E-state index in [9.17, 15) is 9.59 Å². The van der Waals surface area contributed by atoms with Crippen LogP contribution in [0.15, 0.2) is 30.5 Å². The minimum absolute atomic E-state index is 0.0972. The van der Waals surface area contributed by atoms with E-state index in [0.717, 1.165) is 29.3 Å². The first kappa shape index (κ1) is 17.2. The van der Waals surface area contributed by atoms with Gasteiger partial charge in [-0.3, -0.25) is 0 Å². The zero-order valence-electron chi connectivity index (χ0n) is 12.5. The van der Waals surface area contributed by atoms with Gasteiger partial charge < -0.3 is 0 Å². The molecule has 1 aromatic heterocycles. The summed E-state index contributed by atoms with van der Waals surface area (Å²) in [4.78, 5) is 29.6. The molecule has 0 spiro atoms. The van der Waals surface area contributed by atoms with Gasteiger partial charge in [0.2, 0.25) is 0 Å². The molecule has 1 aliphatic rings. The Hall–Kier alpha value is -0.680.